The van der Waals surface area contributed by atoms with E-state index in [1.165, 1.54) is 12.1 Å². The number of anilines is 1. The minimum atomic E-state index is -3.50. The molecule has 0 bridgehead atoms. The molecule has 0 aliphatic rings. The number of nitro groups is 1. The van der Waals surface area contributed by atoms with Crippen molar-refractivity contribution in [1.82, 2.24) is 0 Å². The number of aliphatic hydroxyl groups excluding tert-OH is 1. The summed E-state index contributed by atoms with van der Waals surface area (Å²) >= 11 is 0. The largest absolute Gasteiger partial charge is 0.392 e. The van der Waals surface area contributed by atoms with Crippen molar-refractivity contribution in [1.29, 1.82) is 0 Å². The average Bonchev–Trinajstić information content (AvgIpc) is 2.54. The summed E-state index contributed by atoms with van der Waals surface area (Å²) in [5, 5.41) is 23.1. The molecule has 0 heterocycles. The molecule has 0 saturated heterocycles. The number of nitrogens with zero attached hydrogens (tertiary/aromatic N) is 1. The first-order chi connectivity index (χ1) is 11.3. The fourth-order valence-electron chi connectivity index (χ4n) is 2.20. The Morgan fingerprint density at radius 2 is 1.75 bits per heavy atom. The molecule has 24 heavy (non-hydrogen) atoms. The number of hydrogen-bond donors (Lipinski definition) is 2. The van der Waals surface area contributed by atoms with E-state index in [0.717, 1.165) is 23.4 Å². The van der Waals surface area contributed by atoms with Crippen LogP contribution in [0.2, 0.25) is 0 Å². The minimum Gasteiger partial charge on any atom is -0.392 e. The van der Waals surface area contributed by atoms with Crippen molar-refractivity contribution < 1.29 is 18.4 Å². The molecule has 128 valence electrons. The van der Waals surface area contributed by atoms with Crippen LogP contribution in [0.5, 0.6) is 0 Å². The first-order valence-corrected chi connectivity index (χ1v) is 9.11. The third-order valence-corrected chi connectivity index (χ3v) is 4.64. The molecular weight excluding hydrogens is 332 g/mol. The Kier molecular flexibility index (Phi) is 5.53. The predicted molar refractivity (Wildman–Crippen MR) is 90.8 cm³/mol. The molecule has 0 amide bonds. The van der Waals surface area contributed by atoms with Crippen LogP contribution in [0.15, 0.2) is 47.4 Å². The first-order valence-electron chi connectivity index (χ1n) is 7.22. The van der Waals surface area contributed by atoms with Crippen molar-refractivity contribution in [3.8, 4) is 0 Å². The van der Waals surface area contributed by atoms with E-state index in [1.807, 2.05) is 24.3 Å². The molecular formula is C16H18N2O5S. The smallest absolute Gasteiger partial charge is 0.293 e. The van der Waals surface area contributed by atoms with Gasteiger partial charge in [-0.2, -0.15) is 0 Å². The fraction of sp³-hybridized carbons (Fsp3) is 0.250. The molecule has 2 aromatic rings. The molecule has 0 spiro atoms. The van der Waals surface area contributed by atoms with E-state index in [9.17, 15) is 18.5 Å². The van der Waals surface area contributed by atoms with Gasteiger partial charge in [0.05, 0.1) is 16.4 Å². The maximum atomic E-state index is 11.5. The molecule has 2 N–H and O–H groups in total. The quantitative estimate of drug-likeness (QED) is 0.585. The van der Waals surface area contributed by atoms with Crippen molar-refractivity contribution >= 4 is 21.2 Å². The number of aliphatic hydroxyl groups is 1. The Hall–Kier alpha value is -2.45. The van der Waals surface area contributed by atoms with Gasteiger partial charge in [-0.1, -0.05) is 24.3 Å². The van der Waals surface area contributed by atoms with Gasteiger partial charge in [0.2, 0.25) is 0 Å². The van der Waals surface area contributed by atoms with Crippen LogP contribution in [-0.4, -0.2) is 31.2 Å². The Morgan fingerprint density at radius 1 is 1.12 bits per heavy atom. The topological polar surface area (TPSA) is 110 Å². The standard InChI is InChI=1S/C16H18N2O5S/c1-24(22,23)14-6-7-15(16(10-14)18(20)21)17-9-8-12-2-4-13(11-19)5-3-12/h2-7,10,17,19H,8-9,11H2,1H3. The highest BCUT2D eigenvalue weighted by Gasteiger charge is 2.18. The van der Waals surface area contributed by atoms with Gasteiger partial charge in [0.1, 0.15) is 5.69 Å². The molecule has 7 nitrogen and oxygen atoms in total. The molecule has 8 heteroatoms. The van der Waals surface area contributed by atoms with E-state index in [1.54, 1.807) is 0 Å². The summed E-state index contributed by atoms with van der Waals surface area (Å²) in [6.07, 6.45) is 1.64. The third kappa shape index (κ3) is 4.53. The highest BCUT2D eigenvalue weighted by atomic mass is 32.2. The number of benzene rings is 2. The molecule has 0 aliphatic heterocycles. The summed E-state index contributed by atoms with van der Waals surface area (Å²) in [6, 6.07) is 11.2. The van der Waals surface area contributed by atoms with Crippen LogP contribution in [0.3, 0.4) is 0 Å². The molecule has 0 saturated carbocycles. The summed E-state index contributed by atoms with van der Waals surface area (Å²) in [7, 11) is -3.50. The van der Waals surface area contributed by atoms with Crippen molar-refractivity contribution in [2.24, 2.45) is 0 Å². The summed E-state index contributed by atoms with van der Waals surface area (Å²) in [5.41, 5.74) is 1.85. The molecule has 0 radical (unpaired) electrons. The zero-order valence-corrected chi connectivity index (χ0v) is 13.9. The highest BCUT2D eigenvalue weighted by Crippen LogP contribution is 2.27. The summed E-state index contributed by atoms with van der Waals surface area (Å²) in [4.78, 5) is 10.5. The number of nitrogens with one attached hydrogen (secondary N) is 1. The first kappa shape index (κ1) is 17.9. The average molecular weight is 350 g/mol. The lowest BCUT2D eigenvalue weighted by Gasteiger charge is -2.09. The summed E-state index contributed by atoms with van der Waals surface area (Å²) < 4.78 is 23.0. The predicted octanol–water partition coefficient (Wildman–Crippen LogP) is 2.15. The van der Waals surface area contributed by atoms with Crippen LogP contribution in [0, 0.1) is 10.1 Å². The molecule has 0 fully saturated rings. The Morgan fingerprint density at radius 3 is 2.29 bits per heavy atom. The van der Waals surface area contributed by atoms with Crippen LogP contribution in [-0.2, 0) is 22.9 Å². The van der Waals surface area contributed by atoms with Crippen molar-refractivity contribution in [2.75, 3.05) is 18.1 Å². The van der Waals surface area contributed by atoms with Crippen molar-refractivity contribution in [2.45, 2.75) is 17.9 Å². The van der Waals surface area contributed by atoms with Crippen LogP contribution in [0.25, 0.3) is 0 Å². The second kappa shape index (κ2) is 7.41. The fourth-order valence-corrected chi connectivity index (χ4v) is 2.84. The lowest BCUT2D eigenvalue weighted by atomic mass is 10.1. The highest BCUT2D eigenvalue weighted by molar-refractivity contribution is 7.90. The maximum Gasteiger partial charge on any atom is 0.293 e. The summed E-state index contributed by atoms with van der Waals surface area (Å²) in [5.74, 6) is 0. The molecule has 2 rings (SSSR count). The van der Waals surface area contributed by atoms with E-state index >= 15 is 0 Å². The molecule has 0 atom stereocenters. The Bertz CT molecular complexity index is 832. The number of sulfone groups is 1. The minimum absolute atomic E-state index is 0.0165. The van der Waals surface area contributed by atoms with Crippen LogP contribution in [0.1, 0.15) is 11.1 Å². The second-order valence-corrected chi connectivity index (χ2v) is 7.38. The number of hydrogen-bond acceptors (Lipinski definition) is 6. The van der Waals surface area contributed by atoms with E-state index in [-0.39, 0.29) is 22.9 Å². The van der Waals surface area contributed by atoms with Gasteiger partial charge in [0.25, 0.3) is 5.69 Å². The third-order valence-electron chi connectivity index (χ3n) is 3.53. The van der Waals surface area contributed by atoms with Gasteiger partial charge in [-0.15, -0.1) is 0 Å². The lowest BCUT2D eigenvalue weighted by molar-refractivity contribution is -0.384. The van der Waals surface area contributed by atoms with Gasteiger partial charge in [-0.25, -0.2) is 8.42 Å². The maximum absolute atomic E-state index is 11.5. The van der Waals surface area contributed by atoms with E-state index in [4.69, 9.17) is 5.11 Å². The lowest BCUT2D eigenvalue weighted by Crippen LogP contribution is -2.08. The van der Waals surface area contributed by atoms with Gasteiger partial charge in [-0.3, -0.25) is 10.1 Å². The Labute approximate surface area is 140 Å². The Balaban J connectivity index is 2.10. The van der Waals surface area contributed by atoms with Crippen LogP contribution >= 0.6 is 0 Å². The van der Waals surface area contributed by atoms with Gasteiger partial charge < -0.3 is 10.4 Å². The van der Waals surface area contributed by atoms with Crippen LogP contribution < -0.4 is 5.32 Å². The monoisotopic (exact) mass is 350 g/mol. The molecule has 0 aliphatic carbocycles. The zero-order chi connectivity index (χ0) is 17.7. The van der Waals surface area contributed by atoms with Gasteiger partial charge in [0, 0.05) is 18.9 Å². The van der Waals surface area contributed by atoms with Crippen molar-refractivity contribution in [3.63, 3.8) is 0 Å². The molecule has 0 aromatic heterocycles. The zero-order valence-electron chi connectivity index (χ0n) is 13.1. The number of nitro benzene ring substituents is 1. The normalized spacial score (nSPS) is 11.2. The van der Waals surface area contributed by atoms with Gasteiger partial charge in [-0.05, 0) is 29.7 Å². The van der Waals surface area contributed by atoms with E-state index in [2.05, 4.69) is 5.32 Å². The molecule has 0 unspecified atom stereocenters. The second-order valence-electron chi connectivity index (χ2n) is 5.36. The van der Waals surface area contributed by atoms with Crippen molar-refractivity contribution in [3.05, 3.63) is 63.7 Å². The number of rotatable bonds is 7. The molecule has 2 aromatic carbocycles. The van der Waals surface area contributed by atoms with E-state index in [0.29, 0.717) is 13.0 Å². The van der Waals surface area contributed by atoms with Crippen LogP contribution in [0.4, 0.5) is 11.4 Å². The SMILES string of the molecule is CS(=O)(=O)c1ccc(NCCc2ccc(CO)cc2)c([N+](=O)[O-])c1. The summed E-state index contributed by atoms with van der Waals surface area (Å²) in [6.45, 7) is 0.439. The van der Waals surface area contributed by atoms with Gasteiger partial charge >= 0.3 is 0 Å². The van der Waals surface area contributed by atoms with E-state index < -0.39 is 14.8 Å². The van der Waals surface area contributed by atoms with Gasteiger partial charge in [0.15, 0.2) is 9.84 Å².